The fraction of sp³-hybridized carbons (Fsp3) is 0.562. The Hall–Kier alpha value is -1.83. The highest BCUT2D eigenvalue weighted by atomic mass is 32.2. The number of ether oxygens (including phenoxy) is 1. The molecule has 0 bridgehead atoms. The summed E-state index contributed by atoms with van der Waals surface area (Å²) in [6, 6.07) is 5.99. The van der Waals surface area contributed by atoms with Gasteiger partial charge in [0.2, 0.25) is 0 Å². The van der Waals surface area contributed by atoms with Crippen molar-refractivity contribution in [1.82, 2.24) is 10.6 Å². The second-order valence-corrected chi connectivity index (χ2v) is 7.64. The van der Waals surface area contributed by atoms with E-state index in [4.69, 9.17) is 4.74 Å². The average molecular weight is 359 g/mol. The van der Waals surface area contributed by atoms with Gasteiger partial charge in [-0.15, -0.1) is 0 Å². The lowest BCUT2D eigenvalue weighted by molar-refractivity contribution is 0.205. The second-order valence-electron chi connectivity index (χ2n) is 5.38. The molecule has 1 unspecified atom stereocenters. The molecule has 0 aliphatic carbocycles. The zero-order chi connectivity index (χ0) is 18.0. The van der Waals surface area contributed by atoms with Crippen molar-refractivity contribution in [2.45, 2.75) is 26.4 Å². The summed E-state index contributed by atoms with van der Waals surface area (Å²) in [5.74, 6) is 0.685. The minimum atomic E-state index is -3.02. The van der Waals surface area contributed by atoms with E-state index >= 15 is 0 Å². The number of hydrogen-bond acceptors (Lipinski definition) is 4. The lowest BCUT2D eigenvalue weighted by atomic mass is 10.2. The zero-order valence-corrected chi connectivity index (χ0v) is 15.2. The number of benzene rings is 1. The number of aliphatic imine (C=N–C) groups is 1. The third-order valence-corrected chi connectivity index (χ3v) is 4.06. The largest absolute Gasteiger partial charge is 0.488 e. The van der Waals surface area contributed by atoms with E-state index in [1.165, 1.54) is 18.4 Å². The van der Waals surface area contributed by atoms with E-state index in [1.54, 1.807) is 12.1 Å². The SMILES string of the molecule is CCNC(=NCC(CC)Oc1cccc(F)c1)NCCS(C)(=O)=O. The molecule has 0 aliphatic heterocycles. The molecule has 1 rings (SSSR count). The Bertz CT molecular complexity index is 635. The molecule has 0 saturated carbocycles. The lowest BCUT2D eigenvalue weighted by Crippen LogP contribution is -2.40. The molecule has 1 aromatic rings. The minimum Gasteiger partial charge on any atom is -0.488 e. The van der Waals surface area contributed by atoms with Gasteiger partial charge in [-0.1, -0.05) is 13.0 Å². The van der Waals surface area contributed by atoms with Gasteiger partial charge in [-0.2, -0.15) is 0 Å². The number of nitrogens with zero attached hydrogens (tertiary/aromatic N) is 1. The normalized spacial score (nSPS) is 13.4. The Morgan fingerprint density at radius 1 is 1.33 bits per heavy atom. The molecule has 0 saturated heterocycles. The predicted molar refractivity (Wildman–Crippen MR) is 94.8 cm³/mol. The third-order valence-electron chi connectivity index (χ3n) is 3.12. The third kappa shape index (κ3) is 8.71. The first-order valence-electron chi connectivity index (χ1n) is 7.96. The highest BCUT2D eigenvalue weighted by Crippen LogP contribution is 2.15. The van der Waals surface area contributed by atoms with Gasteiger partial charge in [0, 0.05) is 25.4 Å². The standard InChI is InChI=1S/C16H26FN3O3S/c1-4-14(23-15-8-6-7-13(17)11-15)12-20-16(18-5-2)19-9-10-24(3,21)22/h6-8,11,14H,4-5,9-10,12H2,1-3H3,(H2,18,19,20). The summed E-state index contributed by atoms with van der Waals surface area (Å²) in [5.41, 5.74) is 0. The quantitative estimate of drug-likeness (QED) is 0.517. The number of sulfone groups is 1. The molecule has 0 spiro atoms. The molecule has 0 aromatic heterocycles. The molecule has 8 heteroatoms. The van der Waals surface area contributed by atoms with Crippen LogP contribution in [0.1, 0.15) is 20.3 Å². The average Bonchev–Trinajstić information content (AvgIpc) is 2.50. The van der Waals surface area contributed by atoms with Crippen LogP contribution in [-0.4, -0.2) is 52.1 Å². The highest BCUT2D eigenvalue weighted by molar-refractivity contribution is 7.90. The molecule has 2 N–H and O–H groups in total. The molecule has 1 aromatic carbocycles. The van der Waals surface area contributed by atoms with Crippen molar-refractivity contribution in [2.24, 2.45) is 4.99 Å². The van der Waals surface area contributed by atoms with Crippen LogP contribution >= 0.6 is 0 Å². The Morgan fingerprint density at radius 3 is 2.67 bits per heavy atom. The number of nitrogens with one attached hydrogen (secondary N) is 2. The first kappa shape index (κ1) is 20.2. The molecule has 0 aliphatic rings. The molecule has 1 atom stereocenters. The summed E-state index contributed by atoms with van der Waals surface area (Å²) < 4.78 is 41.3. The van der Waals surface area contributed by atoms with Crippen LogP contribution in [0.2, 0.25) is 0 Å². The van der Waals surface area contributed by atoms with Crippen molar-refractivity contribution in [3.8, 4) is 5.75 Å². The van der Waals surface area contributed by atoms with Crippen LogP contribution in [0, 0.1) is 5.82 Å². The van der Waals surface area contributed by atoms with Gasteiger partial charge in [-0.25, -0.2) is 17.8 Å². The van der Waals surface area contributed by atoms with Crippen LogP contribution in [0.25, 0.3) is 0 Å². The van der Waals surface area contributed by atoms with Crippen LogP contribution in [-0.2, 0) is 9.84 Å². The summed E-state index contributed by atoms with van der Waals surface area (Å²) in [7, 11) is -3.02. The smallest absolute Gasteiger partial charge is 0.191 e. The van der Waals surface area contributed by atoms with Gasteiger partial charge in [0.1, 0.15) is 27.5 Å². The van der Waals surface area contributed by atoms with Gasteiger partial charge >= 0.3 is 0 Å². The van der Waals surface area contributed by atoms with Crippen molar-refractivity contribution in [2.75, 3.05) is 31.6 Å². The second kappa shape index (κ2) is 10.1. The molecule has 6 nitrogen and oxygen atoms in total. The topological polar surface area (TPSA) is 79.8 Å². The van der Waals surface area contributed by atoms with Crippen LogP contribution in [0.15, 0.2) is 29.3 Å². The van der Waals surface area contributed by atoms with Crippen molar-refractivity contribution < 1.29 is 17.5 Å². The fourth-order valence-corrected chi connectivity index (χ4v) is 2.34. The van der Waals surface area contributed by atoms with E-state index in [9.17, 15) is 12.8 Å². The summed E-state index contributed by atoms with van der Waals surface area (Å²) >= 11 is 0. The van der Waals surface area contributed by atoms with Gasteiger partial charge in [0.25, 0.3) is 0 Å². The monoisotopic (exact) mass is 359 g/mol. The molecule has 136 valence electrons. The number of halogens is 1. The van der Waals surface area contributed by atoms with Crippen molar-refractivity contribution in [1.29, 1.82) is 0 Å². The summed E-state index contributed by atoms with van der Waals surface area (Å²) in [6.45, 7) is 5.21. The maximum atomic E-state index is 13.2. The maximum Gasteiger partial charge on any atom is 0.191 e. The zero-order valence-electron chi connectivity index (χ0n) is 14.4. The van der Waals surface area contributed by atoms with Crippen molar-refractivity contribution >= 4 is 15.8 Å². The molecule has 0 amide bonds. The van der Waals surface area contributed by atoms with Crippen molar-refractivity contribution in [3.63, 3.8) is 0 Å². The van der Waals surface area contributed by atoms with E-state index in [1.807, 2.05) is 13.8 Å². The molecule has 0 heterocycles. The lowest BCUT2D eigenvalue weighted by Gasteiger charge is -2.17. The Kier molecular flexibility index (Phi) is 8.53. The van der Waals surface area contributed by atoms with E-state index in [-0.39, 0.29) is 24.2 Å². The van der Waals surface area contributed by atoms with E-state index < -0.39 is 9.84 Å². The van der Waals surface area contributed by atoms with Crippen LogP contribution in [0.4, 0.5) is 4.39 Å². The van der Waals surface area contributed by atoms with Crippen LogP contribution in [0.3, 0.4) is 0 Å². The van der Waals surface area contributed by atoms with E-state index in [2.05, 4.69) is 15.6 Å². The molecular formula is C16H26FN3O3S. The number of rotatable bonds is 9. The Balaban J connectivity index is 2.60. The molecule has 0 fully saturated rings. The van der Waals surface area contributed by atoms with Gasteiger partial charge in [0.05, 0.1) is 12.3 Å². The maximum absolute atomic E-state index is 13.2. The Morgan fingerprint density at radius 2 is 2.08 bits per heavy atom. The van der Waals surface area contributed by atoms with Gasteiger partial charge < -0.3 is 15.4 Å². The van der Waals surface area contributed by atoms with Gasteiger partial charge in [0.15, 0.2) is 5.96 Å². The summed E-state index contributed by atoms with van der Waals surface area (Å²) in [4.78, 5) is 4.40. The molecule has 0 radical (unpaired) electrons. The van der Waals surface area contributed by atoms with Crippen molar-refractivity contribution in [3.05, 3.63) is 30.1 Å². The summed E-state index contributed by atoms with van der Waals surface area (Å²) in [5, 5.41) is 6.02. The van der Waals surface area contributed by atoms with Gasteiger partial charge in [-0.05, 0) is 25.5 Å². The first-order valence-corrected chi connectivity index (χ1v) is 10.0. The highest BCUT2D eigenvalue weighted by Gasteiger charge is 2.09. The molecular weight excluding hydrogens is 333 g/mol. The molecule has 24 heavy (non-hydrogen) atoms. The van der Waals surface area contributed by atoms with Crippen LogP contribution in [0.5, 0.6) is 5.75 Å². The number of hydrogen-bond donors (Lipinski definition) is 2. The first-order chi connectivity index (χ1) is 11.3. The Labute approximate surface area is 143 Å². The van der Waals surface area contributed by atoms with Crippen LogP contribution < -0.4 is 15.4 Å². The van der Waals surface area contributed by atoms with Gasteiger partial charge in [-0.3, -0.25) is 0 Å². The van der Waals surface area contributed by atoms with E-state index in [0.29, 0.717) is 31.2 Å². The predicted octanol–water partition coefficient (Wildman–Crippen LogP) is 1.58. The van der Waals surface area contributed by atoms with E-state index in [0.717, 1.165) is 0 Å². The number of guanidine groups is 1. The summed E-state index contributed by atoms with van der Waals surface area (Å²) in [6.07, 6.45) is 1.71. The fourth-order valence-electron chi connectivity index (χ4n) is 1.87. The minimum absolute atomic E-state index is 0.0361.